The van der Waals surface area contributed by atoms with Crippen molar-refractivity contribution in [3.05, 3.63) is 0 Å². The van der Waals surface area contributed by atoms with E-state index in [-0.39, 0.29) is 6.61 Å². The normalized spacial score (nSPS) is 29.6. The number of esters is 3. The molecule has 0 aliphatic carbocycles. The van der Waals surface area contributed by atoms with Crippen LogP contribution in [-0.4, -0.2) is 56.7 Å². The van der Waals surface area contributed by atoms with Gasteiger partial charge in [-0.2, -0.15) is 0 Å². The third kappa shape index (κ3) is 4.55. The van der Waals surface area contributed by atoms with Crippen LogP contribution in [0.2, 0.25) is 0 Å². The Morgan fingerprint density at radius 2 is 1.53 bits per heavy atom. The van der Waals surface area contributed by atoms with Crippen LogP contribution in [0.25, 0.3) is 0 Å². The molecule has 4 atom stereocenters. The number of hydrogen-bond donors (Lipinski definition) is 0. The summed E-state index contributed by atoms with van der Waals surface area (Å²) < 4.78 is 20.1. The zero-order chi connectivity index (χ0) is 14.6. The fourth-order valence-electron chi connectivity index (χ4n) is 1.75. The largest absolute Gasteiger partial charge is 0.463 e. The topological polar surface area (TPSA) is 88.1 Å². The number of hydrogen-bond acceptors (Lipinski definition) is 7. The van der Waals surface area contributed by atoms with E-state index in [9.17, 15) is 14.4 Å². The molecule has 8 heteroatoms. The summed E-state index contributed by atoms with van der Waals surface area (Å²) in [5, 5.41) is 0. The second-order valence-corrected chi connectivity index (χ2v) is 4.09. The van der Waals surface area contributed by atoms with Crippen LogP contribution in [0, 0.1) is 0 Å². The standard InChI is InChI=1S/C11H15BO7/c1-5(13)16-4-8-9(17-6(2)14)10(11(12)19-8)18-7(3)15/h8-11H,4H2,1-3H3/t8-,9?,10+,11-/m0/s1. The van der Waals surface area contributed by atoms with Gasteiger partial charge in [-0.15, -0.1) is 0 Å². The molecule has 0 aromatic rings. The minimum atomic E-state index is -0.950. The van der Waals surface area contributed by atoms with Gasteiger partial charge < -0.3 is 18.9 Å². The Balaban J connectivity index is 2.76. The minimum absolute atomic E-state index is 0.140. The predicted octanol–water partition coefficient (Wildman–Crippen LogP) is -0.694. The van der Waals surface area contributed by atoms with Crippen LogP contribution >= 0.6 is 0 Å². The molecule has 104 valence electrons. The highest BCUT2D eigenvalue weighted by Gasteiger charge is 2.46. The van der Waals surface area contributed by atoms with E-state index in [1.807, 2.05) is 0 Å². The predicted molar refractivity (Wildman–Crippen MR) is 62.2 cm³/mol. The van der Waals surface area contributed by atoms with E-state index in [4.69, 9.17) is 26.8 Å². The van der Waals surface area contributed by atoms with Crippen LogP contribution in [0.3, 0.4) is 0 Å². The van der Waals surface area contributed by atoms with Gasteiger partial charge in [-0.3, -0.25) is 14.4 Å². The third-order valence-corrected chi connectivity index (χ3v) is 2.40. The Hall–Kier alpha value is -1.57. The van der Waals surface area contributed by atoms with E-state index in [0.29, 0.717) is 0 Å². The van der Waals surface area contributed by atoms with Crippen molar-refractivity contribution in [3.8, 4) is 0 Å². The first-order valence-corrected chi connectivity index (χ1v) is 5.70. The average Bonchev–Trinajstić information content (AvgIpc) is 2.53. The van der Waals surface area contributed by atoms with Gasteiger partial charge in [0.05, 0.1) is 6.00 Å². The third-order valence-electron chi connectivity index (χ3n) is 2.40. The van der Waals surface area contributed by atoms with Crippen LogP contribution in [0.15, 0.2) is 0 Å². The lowest BCUT2D eigenvalue weighted by molar-refractivity contribution is -0.165. The van der Waals surface area contributed by atoms with Crippen LogP contribution < -0.4 is 0 Å². The van der Waals surface area contributed by atoms with E-state index in [0.717, 1.165) is 0 Å². The van der Waals surface area contributed by atoms with Crippen molar-refractivity contribution in [2.75, 3.05) is 6.61 Å². The van der Waals surface area contributed by atoms with E-state index in [2.05, 4.69) is 0 Å². The smallest absolute Gasteiger partial charge is 0.303 e. The Bertz CT molecular complexity index is 370. The van der Waals surface area contributed by atoms with E-state index >= 15 is 0 Å². The van der Waals surface area contributed by atoms with Crippen molar-refractivity contribution >= 4 is 25.8 Å². The van der Waals surface area contributed by atoms with Crippen molar-refractivity contribution in [1.29, 1.82) is 0 Å². The molecule has 1 rings (SSSR count). The molecule has 0 aromatic heterocycles. The summed E-state index contributed by atoms with van der Waals surface area (Å²) in [6, 6.07) is -0.950. The molecular weight excluding hydrogens is 255 g/mol. The first-order valence-electron chi connectivity index (χ1n) is 5.70. The van der Waals surface area contributed by atoms with Gasteiger partial charge >= 0.3 is 17.9 Å². The summed E-state index contributed by atoms with van der Waals surface area (Å²) in [6.07, 6.45) is -2.61. The molecule has 19 heavy (non-hydrogen) atoms. The molecule has 1 heterocycles. The average molecular weight is 270 g/mol. The summed E-state index contributed by atoms with van der Waals surface area (Å²) in [5.74, 6) is -1.66. The van der Waals surface area contributed by atoms with Crippen molar-refractivity contribution in [2.24, 2.45) is 0 Å². The van der Waals surface area contributed by atoms with Gasteiger partial charge in [0.1, 0.15) is 20.6 Å². The van der Waals surface area contributed by atoms with Gasteiger partial charge in [0.15, 0.2) is 12.2 Å². The van der Waals surface area contributed by atoms with Crippen LogP contribution in [-0.2, 0) is 33.3 Å². The molecule has 1 aliphatic heterocycles. The maximum atomic E-state index is 11.1. The Morgan fingerprint density at radius 3 is 2.00 bits per heavy atom. The van der Waals surface area contributed by atoms with Crippen molar-refractivity contribution < 1.29 is 33.3 Å². The maximum Gasteiger partial charge on any atom is 0.303 e. The zero-order valence-electron chi connectivity index (χ0n) is 11.0. The molecular formula is C11H15BO7. The van der Waals surface area contributed by atoms with Crippen LogP contribution in [0.4, 0.5) is 0 Å². The Labute approximate surface area is 111 Å². The maximum absolute atomic E-state index is 11.1. The number of carbonyl (C=O) groups excluding carboxylic acids is 3. The summed E-state index contributed by atoms with van der Waals surface area (Å²) in [4.78, 5) is 32.8. The zero-order valence-corrected chi connectivity index (χ0v) is 11.0. The SMILES string of the molecule is [B][C@H]1O[C@@H](COC(C)=O)C(OC(C)=O)[C@H]1OC(C)=O. The second kappa shape index (κ2) is 6.56. The monoisotopic (exact) mass is 270 g/mol. The van der Waals surface area contributed by atoms with Gasteiger partial charge in [0, 0.05) is 20.8 Å². The molecule has 1 saturated heterocycles. The first-order chi connectivity index (χ1) is 8.81. The lowest BCUT2D eigenvalue weighted by Gasteiger charge is -2.22. The highest BCUT2D eigenvalue weighted by Crippen LogP contribution is 2.25. The molecule has 0 bridgehead atoms. The van der Waals surface area contributed by atoms with Gasteiger partial charge in [-0.1, -0.05) is 0 Å². The lowest BCUT2D eigenvalue weighted by atomic mass is 9.92. The van der Waals surface area contributed by atoms with Gasteiger partial charge in [-0.05, 0) is 0 Å². The summed E-state index contributed by atoms with van der Waals surface area (Å²) >= 11 is 0. The minimum Gasteiger partial charge on any atom is -0.463 e. The van der Waals surface area contributed by atoms with Crippen molar-refractivity contribution in [1.82, 2.24) is 0 Å². The summed E-state index contributed by atoms with van der Waals surface area (Å²) in [5.41, 5.74) is 0. The number of carbonyl (C=O) groups is 3. The Kier molecular flexibility index (Phi) is 5.35. The summed E-state index contributed by atoms with van der Waals surface area (Å²) in [7, 11) is 5.66. The first kappa shape index (κ1) is 15.5. The van der Waals surface area contributed by atoms with E-state index in [1.165, 1.54) is 20.8 Å². The molecule has 0 spiro atoms. The number of ether oxygens (including phenoxy) is 4. The second-order valence-electron chi connectivity index (χ2n) is 4.09. The van der Waals surface area contributed by atoms with Crippen molar-refractivity contribution in [3.63, 3.8) is 0 Å². The van der Waals surface area contributed by atoms with Crippen LogP contribution in [0.1, 0.15) is 20.8 Å². The van der Waals surface area contributed by atoms with E-state index < -0.39 is 42.2 Å². The number of rotatable bonds is 4. The fraction of sp³-hybridized carbons (Fsp3) is 0.727. The molecule has 1 unspecified atom stereocenters. The lowest BCUT2D eigenvalue weighted by Crippen LogP contribution is -2.41. The molecule has 0 amide bonds. The molecule has 1 fully saturated rings. The van der Waals surface area contributed by atoms with Crippen LogP contribution in [0.5, 0.6) is 0 Å². The highest BCUT2D eigenvalue weighted by atomic mass is 16.6. The van der Waals surface area contributed by atoms with Gasteiger partial charge in [0.2, 0.25) is 0 Å². The fourth-order valence-corrected chi connectivity index (χ4v) is 1.75. The molecule has 7 nitrogen and oxygen atoms in total. The highest BCUT2D eigenvalue weighted by molar-refractivity contribution is 6.11. The molecule has 1 aliphatic rings. The van der Waals surface area contributed by atoms with Crippen molar-refractivity contribution in [2.45, 2.75) is 45.1 Å². The molecule has 0 saturated carbocycles. The van der Waals surface area contributed by atoms with E-state index in [1.54, 1.807) is 0 Å². The van der Waals surface area contributed by atoms with Gasteiger partial charge in [-0.25, -0.2) is 0 Å². The Morgan fingerprint density at radius 1 is 1.00 bits per heavy atom. The molecule has 0 aromatic carbocycles. The molecule has 0 N–H and O–H groups in total. The summed E-state index contributed by atoms with van der Waals surface area (Å²) in [6.45, 7) is 3.51. The quantitative estimate of drug-likeness (QED) is 0.379. The van der Waals surface area contributed by atoms with Gasteiger partial charge in [0.25, 0.3) is 0 Å². The molecule has 2 radical (unpaired) electrons.